The van der Waals surface area contributed by atoms with Gasteiger partial charge in [-0.05, 0) is 30.5 Å². The molecule has 1 saturated carbocycles. The maximum atomic E-state index is 11.7. The number of nitrogens with one attached hydrogen (secondary N) is 1. The van der Waals surface area contributed by atoms with E-state index in [1.54, 1.807) is 0 Å². The molecule has 0 aromatic heterocycles. The molecular formula is C13H16BrNO2. The normalized spacial score (nSPS) is 16.6. The molecule has 0 spiro atoms. The molecular weight excluding hydrogens is 282 g/mol. The van der Waals surface area contributed by atoms with Gasteiger partial charge in [-0.3, -0.25) is 4.79 Å². The Morgan fingerprint density at radius 2 is 2.24 bits per heavy atom. The van der Waals surface area contributed by atoms with Crippen LogP contribution in [0.25, 0.3) is 0 Å². The lowest BCUT2D eigenvalue weighted by atomic mass is 10.1. The highest BCUT2D eigenvalue weighted by atomic mass is 79.9. The Morgan fingerprint density at radius 1 is 1.47 bits per heavy atom. The summed E-state index contributed by atoms with van der Waals surface area (Å²) in [5, 5.41) is 12.0. The fraction of sp³-hybridized carbons (Fsp3) is 0.462. The van der Waals surface area contributed by atoms with Crippen molar-refractivity contribution in [2.45, 2.75) is 19.3 Å². The summed E-state index contributed by atoms with van der Waals surface area (Å²) in [4.78, 5) is 11.7. The highest BCUT2D eigenvalue weighted by Gasteiger charge is 2.41. The smallest absolute Gasteiger partial charge is 0.224 e. The van der Waals surface area contributed by atoms with E-state index in [1.807, 2.05) is 24.3 Å². The largest absolute Gasteiger partial charge is 0.396 e. The van der Waals surface area contributed by atoms with Crippen LogP contribution in [0.4, 0.5) is 0 Å². The number of hydrogen-bond acceptors (Lipinski definition) is 2. The topological polar surface area (TPSA) is 49.3 Å². The molecule has 0 atom stereocenters. The van der Waals surface area contributed by atoms with Gasteiger partial charge in [0.2, 0.25) is 5.91 Å². The zero-order chi connectivity index (χ0) is 12.3. The standard InChI is InChI=1S/C13H16BrNO2/c14-11-3-1-2-10(6-11)7-12(17)15-8-13(9-16)4-5-13/h1-3,6,16H,4-5,7-9H2,(H,15,17). The van der Waals surface area contributed by atoms with Crippen LogP contribution in [0.2, 0.25) is 0 Å². The minimum Gasteiger partial charge on any atom is -0.396 e. The molecule has 1 amide bonds. The molecule has 0 radical (unpaired) electrons. The molecule has 0 aliphatic heterocycles. The number of carbonyl (C=O) groups is 1. The Hall–Kier alpha value is -0.870. The van der Waals surface area contributed by atoms with E-state index in [2.05, 4.69) is 21.2 Å². The number of benzene rings is 1. The van der Waals surface area contributed by atoms with Crippen molar-refractivity contribution in [1.29, 1.82) is 0 Å². The summed E-state index contributed by atoms with van der Waals surface area (Å²) in [7, 11) is 0. The Morgan fingerprint density at radius 3 is 2.82 bits per heavy atom. The highest BCUT2D eigenvalue weighted by Crippen LogP contribution is 2.44. The number of hydrogen-bond donors (Lipinski definition) is 2. The lowest BCUT2D eigenvalue weighted by molar-refractivity contribution is -0.120. The van der Waals surface area contributed by atoms with E-state index in [9.17, 15) is 4.79 Å². The van der Waals surface area contributed by atoms with E-state index in [4.69, 9.17) is 5.11 Å². The van der Waals surface area contributed by atoms with Crippen LogP contribution in [0.5, 0.6) is 0 Å². The number of rotatable bonds is 5. The molecule has 1 aliphatic rings. The lowest BCUT2D eigenvalue weighted by Gasteiger charge is -2.12. The quantitative estimate of drug-likeness (QED) is 0.872. The maximum Gasteiger partial charge on any atom is 0.224 e. The first-order chi connectivity index (χ1) is 8.13. The van der Waals surface area contributed by atoms with Gasteiger partial charge < -0.3 is 10.4 Å². The van der Waals surface area contributed by atoms with Crippen LogP contribution in [-0.2, 0) is 11.2 Å². The van der Waals surface area contributed by atoms with Crippen molar-refractivity contribution < 1.29 is 9.90 Å². The minimum absolute atomic E-state index is 0.0165. The summed E-state index contributed by atoms with van der Waals surface area (Å²) < 4.78 is 0.983. The fourth-order valence-electron chi connectivity index (χ4n) is 1.75. The summed E-state index contributed by atoms with van der Waals surface area (Å²) in [5.41, 5.74) is 0.971. The average molecular weight is 298 g/mol. The van der Waals surface area contributed by atoms with Gasteiger partial charge in [0, 0.05) is 16.4 Å². The second kappa shape index (κ2) is 5.19. The SMILES string of the molecule is O=C(Cc1cccc(Br)c1)NCC1(CO)CC1. The molecule has 92 valence electrons. The van der Waals surface area contributed by atoms with Gasteiger partial charge in [-0.1, -0.05) is 28.1 Å². The van der Waals surface area contributed by atoms with E-state index in [-0.39, 0.29) is 17.9 Å². The average Bonchev–Trinajstić information content (AvgIpc) is 3.07. The van der Waals surface area contributed by atoms with Crippen molar-refractivity contribution in [2.24, 2.45) is 5.41 Å². The molecule has 1 aliphatic carbocycles. The van der Waals surface area contributed by atoms with E-state index >= 15 is 0 Å². The van der Waals surface area contributed by atoms with Gasteiger partial charge in [-0.15, -0.1) is 0 Å². The third-order valence-corrected chi connectivity index (χ3v) is 3.70. The van der Waals surface area contributed by atoms with E-state index in [0.717, 1.165) is 22.9 Å². The molecule has 1 fully saturated rings. The Labute approximate surface area is 109 Å². The number of aliphatic hydroxyl groups is 1. The molecule has 0 bridgehead atoms. The van der Waals surface area contributed by atoms with Gasteiger partial charge in [0.05, 0.1) is 13.0 Å². The maximum absolute atomic E-state index is 11.7. The van der Waals surface area contributed by atoms with Crippen LogP contribution in [0.3, 0.4) is 0 Å². The van der Waals surface area contributed by atoms with Crippen LogP contribution >= 0.6 is 15.9 Å². The van der Waals surface area contributed by atoms with E-state index in [0.29, 0.717) is 13.0 Å². The predicted molar refractivity (Wildman–Crippen MR) is 69.6 cm³/mol. The Balaban J connectivity index is 1.81. The van der Waals surface area contributed by atoms with Gasteiger partial charge in [0.25, 0.3) is 0 Å². The number of halogens is 1. The molecule has 1 aromatic carbocycles. The van der Waals surface area contributed by atoms with Gasteiger partial charge in [-0.2, -0.15) is 0 Å². The summed E-state index contributed by atoms with van der Waals surface area (Å²) in [5.74, 6) is 0.0165. The predicted octanol–water partition coefficient (Wildman–Crippen LogP) is 1.88. The number of aliphatic hydroxyl groups excluding tert-OH is 1. The number of amides is 1. The Bertz CT molecular complexity index is 416. The van der Waals surface area contributed by atoms with Crippen molar-refractivity contribution in [3.63, 3.8) is 0 Å². The van der Waals surface area contributed by atoms with Crippen molar-refractivity contribution in [3.8, 4) is 0 Å². The molecule has 4 heteroatoms. The van der Waals surface area contributed by atoms with Crippen molar-refractivity contribution in [1.82, 2.24) is 5.32 Å². The zero-order valence-electron chi connectivity index (χ0n) is 9.58. The molecule has 0 saturated heterocycles. The van der Waals surface area contributed by atoms with E-state index in [1.165, 1.54) is 0 Å². The first kappa shape index (κ1) is 12.6. The Kier molecular flexibility index (Phi) is 3.84. The fourth-order valence-corrected chi connectivity index (χ4v) is 2.20. The number of carbonyl (C=O) groups excluding carboxylic acids is 1. The van der Waals surface area contributed by atoms with Gasteiger partial charge >= 0.3 is 0 Å². The van der Waals surface area contributed by atoms with Crippen molar-refractivity contribution >= 4 is 21.8 Å². The molecule has 17 heavy (non-hydrogen) atoms. The van der Waals surface area contributed by atoms with Crippen LogP contribution in [0, 0.1) is 5.41 Å². The van der Waals surface area contributed by atoms with Gasteiger partial charge in [0.1, 0.15) is 0 Å². The van der Waals surface area contributed by atoms with Crippen LogP contribution in [0.1, 0.15) is 18.4 Å². The molecule has 2 N–H and O–H groups in total. The van der Waals surface area contributed by atoms with Crippen molar-refractivity contribution in [3.05, 3.63) is 34.3 Å². The van der Waals surface area contributed by atoms with Crippen molar-refractivity contribution in [2.75, 3.05) is 13.2 Å². The van der Waals surface area contributed by atoms with Crippen LogP contribution < -0.4 is 5.32 Å². The molecule has 0 unspecified atom stereocenters. The van der Waals surface area contributed by atoms with Crippen LogP contribution in [0.15, 0.2) is 28.7 Å². The van der Waals surface area contributed by atoms with E-state index < -0.39 is 0 Å². The summed E-state index contributed by atoms with van der Waals surface area (Å²) in [6, 6.07) is 7.73. The lowest BCUT2D eigenvalue weighted by Crippen LogP contribution is -2.32. The molecule has 3 nitrogen and oxygen atoms in total. The molecule has 0 heterocycles. The summed E-state index contributed by atoms with van der Waals surface area (Å²) in [6.45, 7) is 0.764. The first-order valence-electron chi connectivity index (χ1n) is 5.76. The second-order valence-electron chi connectivity index (χ2n) is 4.74. The monoisotopic (exact) mass is 297 g/mol. The van der Waals surface area contributed by atoms with Gasteiger partial charge in [0.15, 0.2) is 0 Å². The third kappa shape index (κ3) is 3.54. The van der Waals surface area contributed by atoms with Crippen LogP contribution in [-0.4, -0.2) is 24.2 Å². The second-order valence-corrected chi connectivity index (χ2v) is 5.66. The summed E-state index contributed by atoms with van der Waals surface area (Å²) in [6.07, 6.45) is 2.42. The zero-order valence-corrected chi connectivity index (χ0v) is 11.2. The summed E-state index contributed by atoms with van der Waals surface area (Å²) >= 11 is 3.38. The molecule has 2 rings (SSSR count). The minimum atomic E-state index is -0.0209. The molecule has 1 aromatic rings. The third-order valence-electron chi connectivity index (χ3n) is 3.21. The highest BCUT2D eigenvalue weighted by molar-refractivity contribution is 9.10. The first-order valence-corrected chi connectivity index (χ1v) is 6.55. The van der Waals surface area contributed by atoms with Gasteiger partial charge in [-0.25, -0.2) is 0 Å².